The van der Waals surface area contributed by atoms with Crippen molar-refractivity contribution in [1.82, 2.24) is 0 Å². The Hall–Kier alpha value is -0.770. The van der Waals surface area contributed by atoms with Gasteiger partial charge in [-0.3, -0.25) is 0 Å². The lowest BCUT2D eigenvalue weighted by Crippen LogP contribution is -1.99. The number of alkyl halides is 1. The molecule has 3 N–H and O–H groups in total. The molecular weight excluding hydrogens is 223 g/mol. The second-order valence-corrected chi connectivity index (χ2v) is 3.23. The van der Waals surface area contributed by atoms with Crippen LogP contribution in [0.3, 0.4) is 0 Å². The van der Waals surface area contributed by atoms with Crippen molar-refractivity contribution in [2.75, 3.05) is 18.1 Å². The molecule has 0 aliphatic carbocycles. The summed E-state index contributed by atoms with van der Waals surface area (Å²) in [4.78, 5) is 0. The lowest BCUT2D eigenvalue weighted by molar-refractivity contribution is 0.485. The van der Waals surface area contributed by atoms with E-state index in [1.54, 1.807) is 19.2 Å². The Morgan fingerprint density at radius 3 is 2.75 bits per heavy atom. The van der Waals surface area contributed by atoms with Crippen molar-refractivity contribution in [3.8, 4) is 0 Å². The molecule has 0 heterocycles. The summed E-state index contributed by atoms with van der Waals surface area (Å²) in [6.45, 7) is -0.554. The van der Waals surface area contributed by atoms with Gasteiger partial charge in [-0.1, -0.05) is 15.9 Å². The van der Waals surface area contributed by atoms with Crippen LogP contribution >= 0.6 is 15.9 Å². The van der Waals surface area contributed by atoms with Crippen LogP contribution in [0.1, 0.15) is 5.56 Å². The third-order valence-electron chi connectivity index (χ3n) is 1.70. The van der Waals surface area contributed by atoms with Gasteiger partial charge >= 0.3 is 0 Å². The molecule has 0 atom stereocenters. The average molecular weight is 233 g/mol. The fourth-order valence-corrected chi connectivity index (χ4v) is 1.44. The largest absolute Gasteiger partial charge is 0.397 e. The molecule has 0 saturated carbocycles. The Morgan fingerprint density at radius 2 is 2.25 bits per heavy atom. The summed E-state index contributed by atoms with van der Waals surface area (Å²) in [7, 11) is 1.75. The van der Waals surface area contributed by atoms with E-state index in [-0.39, 0.29) is 0 Å². The maximum Gasteiger partial charge on any atom is 0.118 e. The van der Waals surface area contributed by atoms with Crippen molar-refractivity contribution in [2.45, 2.75) is 6.67 Å². The van der Waals surface area contributed by atoms with Gasteiger partial charge in [0.2, 0.25) is 0 Å². The molecule has 0 radical (unpaired) electrons. The number of anilines is 2. The van der Waals surface area contributed by atoms with E-state index in [2.05, 4.69) is 21.2 Å². The summed E-state index contributed by atoms with van der Waals surface area (Å²) in [5.74, 6) is 0. The first-order valence-electron chi connectivity index (χ1n) is 3.51. The van der Waals surface area contributed by atoms with E-state index in [0.29, 0.717) is 15.7 Å². The molecular formula is C8H10BrFN2. The minimum Gasteiger partial charge on any atom is -0.397 e. The quantitative estimate of drug-likeness (QED) is 0.770. The van der Waals surface area contributed by atoms with Gasteiger partial charge in [0.1, 0.15) is 6.67 Å². The number of halogens is 2. The zero-order valence-corrected chi connectivity index (χ0v) is 8.28. The van der Waals surface area contributed by atoms with E-state index in [9.17, 15) is 4.39 Å². The number of nitrogen functional groups attached to an aromatic ring is 1. The predicted octanol–water partition coefficient (Wildman–Crippen LogP) is 2.54. The number of rotatable bonds is 2. The lowest BCUT2D eigenvalue weighted by Gasteiger charge is -2.09. The standard InChI is InChI=1S/C8H10BrFN2/c1-12-7-3-2-6(9)5(4-10)8(7)11/h2-3,12H,4,11H2,1H3. The normalized spacial score (nSPS) is 9.92. The first-order valence-corrected chi connectivity index (χ1v) is 4.30. The third-order valence-corrected chi connectivity index (χ3v) is 2.45. The highest BCUT2D eigenvalue weighted by atomic mass is 79.9. The number of benzene rings is 1. The second kappa shape index (κ2) is 3.76. The van der Waals surface area contributed by atoms with E-state index >= 15 is 0 Å². The van der Waals surface area contributed by atoms with Crippen molar-refractivity contribution in [3.05, 3.63) is 22.2 Å². The summed E-state index contributed by atoms with van der Waals surface area (Å²) >= 11 is 3.22. The van der Waals surface area contributed by atoms with Gasteiger partial charge in [-0.25, -0.2) is 4.39 Å². The van der Waals surface area contributed by atoms with Crippen molar-refractivity contribution >= 4 is 27.3 Å². The molecule has 0 aliphatic heterocycles. The Bertz CT molecular complexity index is 289. The van der Waals surface area contributed by atoms with E-state index in [1.807, 2.05) is 0 Å². The molecule has 0 unspecified atom stereocenters. The Labute approximate surface area is 79.1 Å². The summed E-state index contributed by atoms with van der Waals surface area (Å²) < 4.78 is 13.1. The van der Waals surface area contributed by atoms with E-state index in [0.717, 1.165) is 5.69 Å². The Morgan fingerprint density at radius 1 is 1.58 bits per heavy atom. The van der Waals surface area contributed by atoms with Gasteiger partial charge in [-0.2, -0.15) is 0 Å². The van der Waals surface area contributed by atoms with Crippen LogP contribution < -0.4 is 11.1 Å². The topological polar surface area (TPSA) is 38.0 Å². The van der Waals surface area contributed by atoms with Crippen molar-refractivity contribution in [2.24, 2.45) is 0 Å². The minimum atomic E-state index is -0.554. The third kappa shape index (κ3) is 1.53. The van der Waals surface area contributed by atoms with Crippen LogP contribution in [0.4, 0.5) is 15.8 Å². The zero-order chi connectivity index (χ0) is 9.14. The van der Waals surface area contributed by atoms with Crippen LogP contribution in [0.5, 0.6) is 0 Å². The highest BCUT2D eigenvalue weighted by Gasteiger charge is 2.07. The number of nitrogens with one attached hydrogen (secondary N) is 1. The maximum atomic E-state index is 12.4. The SMILES string of the molecule is CNc1ccc(Br)c(CF)c1N. The Kier molecular flexibility index (Phi) is 2.92. The minimum absolute atomic E-state index is 0.467. The molecule has 0 saturated heterocycles. The van der Waals surface area contributed by atoms with Crippen molar-refractivity contribution < 1.29 is 4.39 Å². The van der Waals surface area contributed by atoms with Gasteiger partial charge in [-0.15, -0.1) is 0 Å². The van der Waals surface area contributed by atoms with Gasteiger partial charge < -0.3 is 11.1 Å². The van der Waals surface area contributed by atoms with Crippen LogP contribution in [-0.4, -0.2) is 7.05 Å². The molecule has 4 heteroatoms. The van der Waals surface area contributed by atoms with Gasteiger partial charge in [0.15, 0.2) is 0 Å². The van der Waals surface area contributed by atoms with E-state index < -0.39 is 6.67 Å². The van der Waals surface area contributed by atoms with Crippen LogP contribution in [0, 0.1) is 0 Å². The fourth-order valence-electron chi connectivity index (χ4n) is 0.992. The lowest BCUT2D eigenvalue weighted by atomic mass is 10.1. The van der Waals surface area contributed by atoms with Gasteiger partial charge in [0.25, 0.3) is 0 Å². The summed E-state index contributed by atoms with van der Waals surface area (Å²) in [6.07, 6.45) is 0. The molecule has 1 aromatic rings. The number of nitrogens with two attached hydrogens (primary N) is 1. The average Bonchev–Trinajstić information content (AvgIpc) is 2.06. The van der Waals surface area contributed by atoms with E-state index in [1.165, 1.54) is 0 Å². The predicted molar refractivity (Wildman–Crippen MR) is 52.9 cm³/mol. The monoisotopic (exact) mass is 232 g/mol. The molecule has 66 valence electrons. The number of hydrogen-bond donors (Lipinski definition) is 2. The first-order chi connectivity index (χ1) is 5.70. The molecule has 0 bridgehead atoms. The molecule has 1 rings (SSSR count). The molecule has 12 heavy (non-hydrogen) atoms. The zero-order valence-electron chi connectivity index (χ0n) is 6.70. The molecule has 0 fully saturated rings. The summed E-state index contributed by atoms with van der Waals surface area (Å²) in [5, 5.41) is 2.88. The van der Waals surface area contributed by atoms with Gasteiger partial charge in [0.05, 0.1) is 11.4 Å². The van der Waals surface area contributed by atoms with Crippen molar-refractivity contribution in [1.29, 1.82) is 0 Å². The summed E-state index contributed by atoms with van der Waals surface area (Å²) in [5.41, 5.74) is 7.40. The number of hydrogen-bond acceptors (Lipinski definition) is 2. The highest BCUT2D eigenvalue weighted by Crippen LogP contribution is 2.29. The van der Waals surface area contributed by atoms with Crippen LogP contribution in [0.25, 0.3) is 0 Å². The van der Waals surface area contributed by atoms with E-state index in [4.69, 9.17) is 5.73 Å². The van der Waals surface area contributed by atoms with Crippen molar-refractivity contribution in [3.63, 3.8) is 0 Å². The van der Waals surface area contributed by atoms with Crippen LogP contribution in [0.15, 0.2) is 16.6 Å². The fraction of sp³-hybridized carbons (Fsp3) is 0.250. The molecule has 2 nitrogen and oxygen atoms in total. The van der Waals surface area contributed by atoms with Crippen LogP contribution in [-0.2, 0) is 6.67 Å². The molecule has 0 spiro atoms. The smallest absolute Gasteiger partial charge is 0.118 e. The molecule has 0 aliphatic rings. The van der Waals surface area contributed by atoms with Gasteiger partial charge in [0, 0.05) is 17.1 Å². The second-order valence-electron chi connectivity index (χ2n) is 2.37. The summed E-state index contributed by atoms with van der Waals surface area (Å²) in [6, 6.07) is 3.58. The highest BCUT2D eigenvalue weighted by molar-refractivity contribution is 9.10. The van der Waals surface area contributed by atoms with Gasteiger partial charge in [-0.05, 0) is 12.1 Å². The molecule has 1 aromatic carbocycles. The first kappa shape index (κ1) is 9.32. The maximum absolute atomic E-state index is 12.4. The molecule has 0 aromatic heterocycles. The Balaban J connectivity index is 3.24. The molecule has 0 amide bonds. The van der Waals surface area contributed by atoms with Crippen LogP contribution in [0.2, 0.25) is 0 Å².